The zero-order valence-corrected chi connectivity index (χ0v) is 32.0. The fraction of sp³-hybridized carbons (Fsp3) is 0.450. The zero-order chi connectivity index (χ0) is 37.0. The molecule has 5 atom stereocenters. The average molecular weight is 727 g/mol. The van der Waals surface area contributed by atoms with Gasteiger partial charge in [0.2, 0.25) is 0 Å². The fourth-order valence-corrected chi connectivity index (χ4v) is 12.5. The number of unbranched alkanes of at least 4 members (excludes halogenated alkanes) is 1. The van der Waals surface area contributed by atoms with Crippen molar-refractivity contribution in [2.24, 2.45) is 5.92 Å². The summed E-state index contributed by atoms with van der Waals surface area (Å²) in [5.74, 6) is 0.660. The van der Waals surface area contributed by atoms with Gasteiger partial charge in [-0.25, -0.2) is 0 Å². The summed E-state index contributed by atoms with van der Waals surface area (Å²) in [7, 11) is 2.33. The van der Waals surface area contributed by atoms with E-state index in [4.69, 9.17) is 18.9 Å². The molecule has 1 fully saturated rings. The quantitative estimate of drug-likeness (QED) is 0.0972. The van der Waals surface area contributed by atoms with Gasteiger partial charge in [-0.05, 0) is 60.7 Å². The molecule has 6 rings (SSSR count). The monoisotopic (exact) mass is 726 g/mol. The first-order valence-electron chi connectivity index (χ1n) is 18.0. The minimum Gasteiger partial charge on any atom is -0.497 e. The van der Waals surface area contributed by atoms with Crippen LogP contribution in [0.5, 0.6) is 11.5 Å². The van der Waals surface area contributed by atoms with Crippen LogP contribution in [0.25, 0.3) is 0 Å². The third-order valence-corrected chi connectivity index (χ3v) is 15.6. The molecule has 1 saturated heterocycles. The van der Waals surface area contributed by atoms with E-state index in [2.05, 4.69) is 42.5 Å². The van der Waals surface area contributed by atoms with Crippen molar-refractivity contribution in [3.05, 3.63) is 95.8 Å². The van der Waals surface area contributed by atoms with Crippen LogP contribution in [0.1, 0.15) is 55.3 Å². The van der Waals surface area contributed by atoms with Gasteiger partial charge in [0.1, 0.15) is 11.5 Å². The van der Waals surface area contributed by atoms with E-state index in [-0.39, 0.29) is 42.0 Å². The van der Waals surface area contributed by atoms with Crippen LogP contribution in [0, 0.1) is 5.92 Å². The lowest BCUT2D eigenvalue weighted by Crippen LogP contribution is -2.52. The van der Waals surface area contributed by atoms with E-state index >= 15 is 0 Å². The predicted molar refractivity (Wildman–Crippen MR) is 201 cm³/mol. The van der Waals surface area contributed by atoms with Crippen molar-refractivity contribution >= 4 is 30.8 Å². The average Bonchev–Trinajstić information content (AvgIpc) is 3.82. The summed E-state index contributed by atoms with van der Waals surface area (Å²) in [6.07, 6.45) is 3.77. The number of carbonyl (C=O) groups is 2. The molecule has 1 N–H and O–H groups in total. The SMILES string of the molecule is COC(=O)CCCCN1C(=O)[C@]2(O[C@H](CCn3cc(C(CO)c4ccccc4)nn3)[C@@H]([Si](C)(C)c3ccc(OC)cc3)[C@@H]2C)c2cc(OC)ccc21. The van der Waals surface area contributed by atoms with E-state index in [1.54, 1.807) is 14.2 Å². The molecule has 52 heavy (non-hydrogen) atoms. The van der Waals surface area contributed by atoms with E-state index in [0.29, 0.717) is 50.2 Å². The minimum atomic E-state index is -2.36. The van der Waals surface area contributed by atoms with Gasteiger partial charge in [-0.3, -0.25) is 14.3 Å². The number of esters is 1. The lowest BCUT2D eigenvalue weighted by atomic mass is 9.82. The number of rotatable bonds is 15. The smallest absolute Gasteiger partial charge is 0.305 e. The molecule has 0 aliphatic carbocycles. The molecule has 276 valence electrons. The molecule has 4 aromatic rings. The molecule has 11 nitrogen and oxygen atoms in total. The van der Waals surface area contributed by atoms with Crippen molar-refractivity contribution in [3.8, 4) is 11.5 Å². The van der Waals surface area contributed by atoms with Crippen LogP contribution >= 0.6 is 0 Å². The number of aromatic nitrogens is 3. The molecule has 0 bridgehead atoms. The molecular formula is C40H50N4O7Si. The number of methoxy groups -OCH3 is 3. The maximum atomic E-state index is 15.0. The molecule has 12 heteroatoms. The van der Waals surface area contributed by atoms with Gasteiger partial charge >= 0.3 is 5.97 Å². The largest absolute Gasteiger partial charge is 0.497 e. The lowest BCUT2D eigenvalue weighted by Gasteiger charge is -2.37. The highest BCUT2D eigenvalue weighted by molar-refractivity contribution is 6.91. The van der Waals surface area contributed by atoms with Crippen LogP contribution in [-0.2, 0) is 31.2 Å². The highest BCUT2D eigenvalue weighted by atomic mass is 28.3. The van der Waals surface area contributed by atoms with Gasteiger partial charge in [-0.15, -0.1) is 5.10 Å². The number of carbonyl (C=O) groups excluding carboxylic acids is 2. The van der Waals surface area contributed by atoms with Crippen molar-refractivity contribution in [2.45, 2.75) is 75.4 Å². The number of amides is 1. The Morgan fingerprint density at radius 3 is 2.37 bits per heavy atom. The Kier molecular flexibility index (Phi) is 11.2. The van der Waals surface area contributed by atoms with Crippen LogP contribution < -0.4 is 19.6 Å². The van der Waals surface area contributed by atoms with Crippen LogP contribution in [0.4, 0.5) is 5.69 Å². The van der Waals surface area contributed by atoms with Crippen molar-refractivity contribution in [2.75, 3.05) is 39.4 Å². The Balaban J connectivity index is 1.35. The van der Waals surface area contributed by atoms with Crippen molar-refractivity contribution in [3.63, 3.8) is 0 Å². The Hall–Kier alpha value is -4.52. The second kappa shape index (κ2) is 15.6. The second-order valence-electron chi connectivity index (χ2n) is 14.4. The molecule has 2 aliphatic rings. The number of nitrogens with zero attached hydrogens (tertiary/aromatic N) is 4. The first kappa shape index (κ1) is 37.2. The second-order valence-corrected chi connectivity index (χ2v) is 19.1. The number of benzene rings is 3. The molecule has 3 heterocycles. The van der Waals surface area contributed by atoms with Crippen molar-refractivity contribution in [1.82, 2.24) is 15.0 Å². The summed E-state index contributed by atoms with van der Waals surface area (Å²) >= 11 is 0. The van der Waals surface area contributed by atoms with Crippen LogP contribution in [0.3, 0.4) is 0 Å². The Labute approximate surface area is 306 Å². The Bertz CT molecular complexity index is 1850. The number of aliphatic hydroxyl groups excluding tert-OH is 1. The summed E-state index contributed by atoms with van der Waals surface area (Å²) in [5.41, 5.74) is 2.13. The molecule has 1 amide bonds. The molecule has 1 aromatic heterocycles. The highest BCUT2D eigenvalue weighted by Crippen LogP contribution is 2.60. The van der Waals surface area contributed by atoms with E-state index in [9.17, 15) is 14.7 Å². The summed E-state index contributed by atoms with van der Waals surface area (Å²) in [4.78, 5) is 28.6. The van der Waals surface area contributed by atoms with E-state index in [1.807, 2.05) is 76.4 Å². The molecule has 0 saturated carbocycles. The van der Waals surface area contributed by atoms with Crippen molar-refractivity contribution < 1.29 is 33.6 Å². The first-order valence-corrected chi connectivity index (χ1v) is 21.1. The zero-order valence-electron chi connectivity index (χ0n) is 31.0. The first-order chi connectivity index (χ1) is 25.1. The number of ether oxygens (including phenoxy) is 4. The fourth-order valence-electron chi connectivity index (χ4n) is 8.45. The summed E-state index contributed by atoms with van der Waals surface area (Å²) in [6, 6.07) is 23.9. The summed E-state index contributed by atoms with van der Waals surface area (Å²) in [5, 5.41) is 20.4. The van der Waals surface area contributed by atoms with Crippen molar-refractivity contribution in [1.29, 1.82) is 0 Å². The topological polar surface area (TPSA) is 125 Å². The van der Waals surface area contributed by atoms with Gasteiger partial charge in [0.05, 0.1) is 59.4 Å². The van der Waals surface area contributed by atoms with Gasteiger partial charge in [0.15, 0.2) is 5.60 Å². The van der Waals surface area contributed by atoms with Crippen LogP contribution in [0.15, 0.2) is 79.0 Å². The Morgan fingerprint density at radius 1 is 0.981 bits per heavy atom. The molecular weight excluding hydrogens is 677 g/mol. The molecule has 1 spiro atoms. The number of aliphatic hydroxyl groups is 1. The normalized spacial score (nSPS) is 21.7. The van der Waals surface area contributed by atoms with Gasteiger partial charge in [-0.1, -0.05) is 72.9 Å². The standard InChI is InChI=1S/C40H50N4O7Si/c1-27-38(52(5,6)31-18-15-29(48-2)16-19-31)36(21-23-43-25-34(41-42-43)32(26-45)28-12-8-7-9-13-28)51-40(27)33-24-30(49-3)17-20-35(33)44(39(40)47)22-11-10-14-37(46)50-4/h7-9,12-13,15-20,24-25,27,32,36,38,45H,10-11,14,21-23,26H2,1-6H3/t27-,32?,36+,38-,40+/m0/s1. The number of hydrogen-bond acceptors (Lipinski definition) is 9. The van der Waals surface area contributed by atoms with Gasteiger partial charge < -0.3 is 29.0 Å². The number of hydrogen-bond donors (Lipinski definition) is 1. The van der Waals surface area contributed by atoms with E-state index in [0.717, 1.165) is 22.6 Å². The Morgan fingerprint density at radius 2 is 1.69 bits per heavy atom. The molecule has 1 unspecified atom stereocenters. The maximum Gasteiger partial charge on any atom is 0.305 e. The third-order valence-electron chi connectivity index (χ3n) is 11.2. The predicted octanol–water partition coefficient (Wildman–Crippen LogP) is 5.42. The van der Waals surface area contributed by atoms with E-state index < -0.39 is 13.7 Å². The maximum absolute atomic E-state index is 15.0. The molecule has 2 aliphatic heterocycles. The van der Waals surface area contributed by atoms with Gasteiger partial charge in [-0.2, -0.15) is 0 Å². The molecule has 3 aromatic carbocycles. The van der Waals surface area contributed by atoms with Gasteiger partial charge in [0, 0.05) is 37.2 Å². The summed E-state index contributed by atoms with van der Waals surface area (Å²) < 4.78 is 25.1. The number of fused-ring (bicyclic) bond motifs is 2. The number of anilines is 1. The third kappa shape index (κ3) is 6.86. The number of aryl methyl sites for hydroxylation is 1. The minimum absolute atomic E-state index is 0.0423. The summed E-state index contributed by atoms with van der Waals surface area (Å²) in [6.45, 7) is 7.79. The van der Waals surface area contributed by atoms with Gasteiger partial charge in [0.25, 0.3) is 5.91 Å². The lowest BCUT2D eigenvalue weighted by molar-refractivity contribution is -0.146. The van der Waals surface area contributed by atoms with Crippen LogP contribution in [0.2, 0.25) is 18.6 Å². The molecule has 0 radical (unpaired) electrons. The van der Waals surface area contributed by atoms with E-state index in [1.165, 1.54) is 12.3 Å². The highest BCUT2D eigenvalue weighted by Gasteiger charge is 2.66. The van der Waals surface area contributed by atoms with Crippen LogP contribution in [-0.4, -0.2) is 80.6 Å².